The molecule has 28 heavy (non-hydrogen) atoms. The van der Waals surface area contributed by atoms with E-state index in [2.05, 4.69) is 25.3 Å². The molecule has 2 aromatic heterocycles. The number of nitrogens with zero attached hydrogens (tertiary/aromatic N) is 5. The molecule has 0 aromatic carbocycles. The smallest absolute Gasteiger partial charge is 0.224 e. The molecule has 0 radical (unpaired) electrons. The summed E-state index contributed by atoms with van der Waals surface area (Å²) < 4.78 is 7.62. The first-order chi connectivity index (χ1) is 13.6. The van der Waals surface area contributed by atoms with Crippen LogP contribution in [-0.2, 0) is 28.9 Å². The van der Waals surface area contributed by atoms with Gasteiger partial charge in [0.05, 0.1) is 24.8 Å². The molecule has 150 valence electrons. The zero-order valence-electron chi connectivity index (χ0n) is 16.6. The number of nitrogens with one attached hydrogen (secondary N) is 1. The van der Waals surface area contributed by atoms with Crippen molar-refractivity contribution in [3.63, 3.8) is 0 Å². The van der Waals surface area contributed by atoms with Crippen LogP contribution in [0.3, 0.4) is 0 Å². The SMILES string of the molecule is CO[C@@H]1C[C@H](CNC(=O)Cc2cnn3c2CCCC3)N(c2cc(C)ncn2)C1. The third kappa shape index (κ3) is 4.01. The number of amides is 1. The van der Waals surface area contributed by atoms with Crippen molar-refractivity contribution >= 4 is 11.7 Å². The predicted octanol–water partition coefficient (Wildman–Crippen LogP) is 1.27. The Hall–Kier alpha value is -2.48. The number of hydrogen-bond acceptors (Lipinski definition) is 6. The summed E-state index contributed by atoms with van der Waals surface area (Å²) in [5, 5.41) is 7.54. The van der Waals surface area contributed by atoms with Crippen molar-refractivity contribution in [2.45, 2.75) is 57.7 Å². The molecule has 8 nitrogen and oxygen atoms in total. The van der Waals surface area contributed by atoms with Crippen molar-refractivity contribution in [3.05, 3.63) is 35.5 Å². The molecule has 2 aliphatic heterocycles. The maximum absolute atomic E-state index is 12.6. The van der Waals surface area contributed by atoms with E-state index in [1.54, 1.807) is 13.4 Å². The lowest BCUT2D eigenvalue weighted by Gasteiger charge is -2.25. The third-order valence-electron chi connectivity index (χ3n) is 5.75. The van der Waals surface area contributed by atoms with Crippen molar-refractivity contribution in [1.82, 2.24) is 25.1 Å². The fourth-order valence-electron chi connectivity index (χ4n) is 4.22. The Morgan fingerprint density at radius 1 is 1.36 bits per heavy atom. The number of aromatic nitrogens is 4. The lowest BCUT2D eigenvalue weighted by Crippen LogP contribution is -2.41. The van der Waals surface area contributed by atoms with Gasteiger partial charge in [-0.05, 0) is 32.6 Å². The second-order valence-electron chi connectivity index (χ2n) is 7.69. The van der Waals surface area contributed by atoms with E-state index in [9.17, 15) is 4.79 Å². The van der Waals surface area contributed by atoms with Gasteiger partial charge in [0, 0.05) is 49.8 Å². The molecule has 0 bridgehead atoms. The van der Waals surface area contributed by atoms with Crippen molar-refractivity contribution in [3.8, 4) is 0 Å². The predicted molar refractivity (Wildman–Crippen MR) is 105 cm³/mol. The summed E-state index contributed by atoms with van der Waals surface area (Å²) >= 11 is 0. The summed E-state index contributed by atoms with van der Waals surface area (Å²) in [6.45, 7) is 4.26. The number of carbonyl (C=O) groups is 1. The largest absolute Gasteiger partial charge is 0.380 e. The molecule has 1 N–H and O–H groups in total. The van der Waals surface area contributed by atoms with E-state index in [1.807, 2.05) is 23.9 Å². The molecular weight excluding hydrogens is 356 g/mol. The van der Waals surface area contributed by atoms with Crippen LogP contribution in [0.5, 0.6) is 0 Å². The van der Waals surface area contributed by atoms with E-state index in [1.165, 1.54) is 18.5 Å². The summed E-state index contributed by atoms with van der Waals surface area (Å²) in [6.07, 6.45) is 8.19. The van der Waals surface area contributed by atoms with E-state index in [0.717, 1.165) is 43.0 Å². The molecular formula is C20H28N6O2. The second kappa shape index (κ2) is 8.26. The molecule has 1 fully saturated rings. The average molecular weight is 384 g/mol. The number of anilines is 1. The second-order valence-corrected chi connectivity index (χ2v) is 7.69. The van der Waals surface area contributed by atoms with Gasteiger partial charge in [-0.15, -0.1) is 0 Å². The van der Waals surface area contributed by atoms with Crippen LogP contribution in [0.25, 0.3) is 0 Å². The first-order valence-electron chi connectivity index (χ1n) is 10.0. The van der Waals surface area contributed by atoms with E-state index in [-0.39, 0.29) is 18.1 Å². The molecule has 4 rings (SSSR count). The van der Waals surface area contributed by atoms with Gasteiger partial charge in [0.1, 0.15) is 12.1 Å². The van der Waals surface area contributed by atoms with Crippen molar-refractivity contribution in [1.29, 1.82) is 0 Å². The highest BCUT2D eigenvalue weighted by atomic mass is 16.5. The lowest BCUT2D eigenvalue weighted by atomic mass is 10.0. The molecule has 2 atom stereocenters. The topological polar surface area (TPSA) is 85.2 Å². The Morgan fingerprint density at radius 3 is 3.07 bits per heavy atom. The monoisotopic (exact) mass is 384 g/mol. The van der Waals surface area contributed by atoms with Crippen LogP contribution in [0.4, 0.5) is 5.82 Å². The molecule has 1 amide bonds. The van der Waals surface area contributed by atoms with Crippen LogP contribution in [0, 0.1) is 6.92 Å². The number of fused-ring (bicyclic) bond motifs is 1. The Kier molecular flexibility index (Phi) is 5.57. The summed E-state index contributed by atoms with van der Waals surface area (Å²) in [4.78, 5) is 23.4. The van der Waals surface area contributed by atoms with Gasteiger partial charge in [-0.1, -0.05) is 0 Å². The molecule has 0 spiro atoms. The minimum Gasteiger partial charge on any atom is -0.380 e. The average Bonchev–Trinajstić information content (AvgIpc) is 3.31. The molecule has 2 aromatic rings. The Bertz CT molecular complexity index is 836. The number of ether oxygens (including phenoxy) is 1. The Morgan fingerprint density at radius 2 is 2.25 bits per heavy atom. The molecule has 0 aliphatic carbocycles. The molecule has 8 heteroatoms. The van der Waals surface area contributed by atoms with Crippen LogP contribution >= 0.6 is 0 Å². The van der Waals surface area contributed by atoms with Crippen molar-refractivity contribution in [2.24, 2.45) is 0 Å². The van der Waals surface area contributed by atoms with Crippen LogP contribution < -0.4 is 10.2 Å². The summed E-state index contributed by atoms with van der Waals surface area (Å²) in [7, 11) is 1.73. The highest BCUT2D eigenvalue weighted by Crippen LogP contribution is 2.25. The highest BCUT2D eigenvalue weighted by Gasteiger charge is 2.33. The molecule has 0 unspecified atom stereocenters. The van der Waals surface area contributed by atoms with Gasteiger partial charge in [0.25, 0.3) is 0 Å². The highest BCUT2D eigenvalue weighted by molar-refractivity contribution is 5.78. The van der Waals surface area contributed by atoms with E-state index in [0.29, 0.717) is 13.0 Å². The molecule has 4 heterocycles. The zero-order valence-corrected chi connectivity index (χ0v) is 16.6. The minimum atomic E-state index is 0.0426. The Labute approximate surface area is 165 Å². The number of methoxy groups -OCH3 is 1. The first-order valence-corrected chi connectivity index (χ1v) is 10.0. The van der Waals surface area contributed by atoms with Gasteiger partial charge < -0.3 is 15.0 Å². The lowest BCUT2D eigenvalue weighted by molar-refractivity contribution is -0.120. The van der Waals surface area contributed by atoms with Gasteiger partial charge in [-0.2, -0.15) is 5.10 Å². The Balaban J connectivity index is 1.38. The maximum atomic E-state index is 12.6. The van der Waals surface area contributed by atoms with E-state index in [4.69, 9.17) is 4.74 Å². The zero-order chi connectivity index (χ0) is 19.5. The number of rotatable bonds is 6. The van der Waals surface area contributed by atoms with Gasteiger partial charge >= 0.3 is 0 Å². The van der Waals surface area contributed by atoms with Crippen LogP contribution in [0.1, 0.15) is 36.2 Å². The van der Waals surface area contributed by atoms with E-state index < -0.39 is 0 Å². The standard InChI is InChI=1S/C20H28N6O2/c1-14-7-19(23-13-22-14)25-12-17(28-2)9-16(25)11-21-20(27)8-15-10-24-26-6-4-3-5-18(15)26/h7,10,13,16-17H,3-6,8-9,11-12H2,1-2H3,(H,21,27)/t16-,17-/m1/s1. The summed E-state index contributed by atoms with van der Waals surface area (Å²) in [5.41, 5.74) is 3.21. The first kappa shape index (κ1) is 18.9. The van der Waals surface area contributed by atoms with Gasteiger partial charge in [0.15, 0.2) is 0 Å². The van der Waals surface area contributed by atoms with Crippen LogP contribution in [0.15, 0.2) is 18.6 Å². The minimum absolute atomic E-state index is 0.0426. The van der Waals surface area contributed by atoms with E-state index >= 15 is 0 Å². The number of hydrogen-bond donors (Lipinski definition) is 1. The summed E-state index contributed by atoms with van der Waals surface area (Å²) in [6, 6.07) is 2.13. The van der Waals surface area contributed by atoms with Crippen LogP contribution in [0.2, 0.25) is 0 Å². The molecule has 0 saturated carbocycles. The molecule has 2 aliphatic rings. The van der Waals surface area contributed by atoms with Crippen LogP contribution in [-0.4, -0.2) is 58.0 Å². The van der Waals surface area contributed by atoms with Gasteiger partial charge in [0.2, 0.25) is 5.91 Å². The van der Waals surface area contributed by atoms with Crippen molar-refractivity contribution < 1.29 is 9.53 Å². The van der Waals surface area contributed by atoms with Gasteiger partial charge in [-0.3, -0.25) is 9.48 Å². The fourth-order valence-corrected chi connectivity index (χ4v) is 4.22. The maximum Gasteiger partial charge on any atom is 0.224 e. The number of carbonyl (C=O) groups excluding carboxylic acids is 1. The third-order valence-corrected chi connectivity index (χ3v) is 5.75. The molecule has 1 saturated heterocycles. The normalized spacial score (nSPS) is 21.6. The fraction of sp³-hybridized carbons (Fsp3) is 0.600. The number of aryl methyl sites for hydroxylation is 2. The van der Waals surface area contributed by atoms with Gasteiger partial charge in [-0.25, -0.2) is 9.97 Å². The quantitative estimate of drug-likeness (QED) is 0.807. The van der Waals surface area contributed by atoms with Crippen molar-refractivity contribution in [2.75, 3.05) is 25.1 Å². The summed E-state index contributed by atoms with van der Waals surface area (Å²) in [5.74, 6) is 0.929.